The lowest BCUT2D eigenvalue weighted by molar-refractivity contribution is -0.169. The first kappa shape index (κ1) is 31.9. The van der Waals surface area contributed by atoms with Crippen molar-refractivity contribution in [3.63, 3.8) is 0 Å². The van der Waals surface area contributed by atoms with Gasteiger partial charge in [0.2, 0.25) is 0 Å². The summed E-state index contributed by atoms with van der Waals surface area (Å²) in [5.74, 6) is -0.877. The molecule has 0 aliphatic carbocycles. The van der Waals surface area contributed by atoms with Gasteiger partial charge in [0.05, 0.1) is 31.5 Å². The van der Waals surface area contributed by atoms with Crippen LogP contribution in [-0.2, 0) is 37.8 Å². The molecule has 0 fully saturated rings. The molecule has 0 spiro atoms. The summed E-state index contributed by atoms with van der Waals surface area (Å²) in [6.07, 6.45) is 0. The van der Waals surface area contributed by atoms with Crippen molar-refractivity contribution in [1.29, 1.82) is 0 Å². The van der Waals surface area contributed by atoms with Crippen LogP contribution in [0, 0.1) is 13.8 Å². The summed E-state index contributed by atoms with van der Waals surface area (Å²) in [7, 11) is 0. The number of fused-ring (bicyclic) bond motifs is 1. The summed E-state index contributed by atoms with van der Waals surface area (Å²) in [5, 5.41) is 3.63. The molecule has 5 aromatic rings. The van der Waals surface area contributed by atoms with Crippen molar-refractivity contribution in [2.24, 2.45) is 0 Å². The molecule has 1 heterocycles. The molecule has 238 valence electrons. The van der Waals surface area contributed by atoms with Gasteiger partial charge in [-0.3, -0.25) is 14.9 Å². The van der Waals surface area contributed by atoms with Crippen LogP contribution in [0.3, 0.4) is 0 Å². The molecule has 0 saturated carbocycles. The van der Waals surface area contributed by atoms with Crippen LogP contribution in [0.5, 0.6) is 0 Å². The predicted molar refractivity (Wildman–Crippen MR) is 185 cm³/mol. The zero-order chi connectivity index (χ0) is 32.8. The van der Waals surface area contributed by atoms with Gasteiger partial charge in [0.15, 0.2) is 5.60 Å². The number of aryl methyl sites for hydroxylation is 2. The van der Waals surface area contributed by atoms with E-state index in [0.29, 0.717) is 17.8 Å². The van der Waals surface area contributed by atoms with Gasteiger partial charge in [0, 0.05) is 5.56 Å². The fraction of sp³-hybridized carbons (Fsp3) is 0.220. The van der Waals surface area contributed by atoms with Crippen molar-refractivity contribution in [3.8, 4) is 0 Å². The monoisotopic (exact) mass is 624 g/mol. The molecule has 0 aromatic heterocycles. The normalized spacial score (nSPS) is 16.3. The molecule has 5 aromatic carbocycles. The molecule has 0 saturated heterocycles. The SMILES string of the molecule is CCOC(=O)C(NC(c1ccccc1)c1ccccc1)[C@]1(OCc2ccccc2C)C(=O)N(Cc2ccccc2)c2ccc(C)cc21. The number of nitrogens with one attached hydrogen (secondary N) is 1. The second-order valence-corrected chi connectivity index (χ2v) is 12.0. The van der Waals surface area contributed by atoms with Crippen molar-refractivity contribution in [2.45, 2.75) is 51.6 Å². The summed E-state index contributed by atoms with van der Waals surface area (Å²) in [5.41, 5.74) is 5.37. The van der Waals surface area contributed by atoms with Crippen LogP contribution in [0.2, 0.25) is 0 Å². The topological polar surface area (TPSA) is 67.9 Å². The highest BCUT2D eigenvalue weighted by atomic mass is 16.5. The number of rotatable bonds is 12. The fourth-order valence-electron chi connectivity index (χ4n) is 6.42. The van der Waals surface area contributed by atoms with E-state index in [1.807, 2.05) is 147 Å². The van der Waals surface area contributed by atoms with E-state index in [4.69, 9.17) is 9.47 Å². The van der Waals surface area contributed by atoms with Crippen molar-refractivity contribution in [3.05, 3.63) is 172 Å². The quantitative estimate of drug-likeness (QED) is 0.145. The number of hydrogen-bond donors (Lipinski definition) is 1. The molecular weight excluding hydrogens is 584 g/mol. The summed E-state index contributed by atoms with van der Waals surface area (Å²) >= 11 is 0. The second-order valence-electron chi connectivity index (χ2n) is 12.0. The number of benzene rings is 5. The molecule has 1 amide bonds. The highest BCUT2D eigenvalue weighted by Crippen LogP contribution is 2.48. The zero-order valence-corrected chi connectivity index (χ0v) is 27.1. The third kappa shape index (κ3) is 6.48. The predicted octanol–water partition coefficient (Wildman–Crippen LogP) is 7.57. The lowest BCUT2D eigenvalue weighted by atomic mass is 9.84. The van der Waals surface area contributed by atoms with E-state index in [1.165, 1.54) is 0 Å². The Morgan fingerprint density at radius 3 is 2.00 bits per heavy atom. The Bertz CT molecular complexity index is 1790. The van der Waals surface area contributed by atoms with Crippen molar-refractivity contribution >= 4 is 17.6 Å². The molecule has 0 radical (unpaired) electrons. The Hall–Kier alpha value is -5.04. The van der Waals surface area contributed by atoms with E-state index in [9.17, 15) is 4.79 Å². The zero-order valence-electron chi connectivity index (χ0n) is 27.1. The lowest BCUT2D eigenvalue weighted by Crippen LogP contribution is -2.60. The van der Waals surface area contributed by atoms with E-state index in [0.717, 1.165) is 33.4 Å². The van der Waals surface area contributed by atoms with Gasteiger partial charge in [-0.15, -0.1) is 0 Å². The van der Waals surface area contributed by atoms with Gasteiger partial charge in [-0.05, 0) is 54.7 Å². The summed E-state index contributed by atoms with van der Waals surface area (Å²) in [6.45, 7) is 6.36. The molecule has 0 bridgehead atoms. The first-order valence-electron chi connectivity index (χ1n) is 16.1. The molecule has 6 rings (SSSR count). The molecule has 1 N–H and O–H groups in total. The number of nitrogens with zero attached hydrogens (tertiary/aromatic N) is 1. The summed E-state index contributed by atoms with van der Waals surface area (Å²) < 4.78 is 12.8. The Morgan fingerprint density at radius 2 is 1.38 bits per heavy atom. The molecule has 47 heavy (non-hydrogen) atoms. The number of carbonyl (C=O) groups is 2. The van der Waals surface area contributed by atoms with E-state index in [-0.39, 0.29) is 19.1 Å². The number of anilines is 1. The Balaban J connectivity index is 1.55. The highest BCUT2D eigenvalue weighted by molar-refractivity contribution is 6.10. The van der Waals surface area contributed by atoms with Crippen LogP contribution in [0.1, 0.15) is 51.9 Å². The average molecular weight is 625 g/mol. The molecule has 1 aliphatic heterocycles. The minimum absolute atomic E-state index is 0.115. The Kier molecular flexibility index (Phi) is 9.62. The van der Waals surface area contributed by atoms with Gasteiger partial charge >= 0.3 is 5.97 Å². The van der Waals surface area contributed by atoms with E-state index in [1.54, 1.807) is 11.8 Å². The standard InChI is InChI=1S/C41H40N2O4/c1-4-46-39(44)38(42-37(32-19-10-6-11-20-32)33-21-12-7-13-22-33)41(47-28-34-23-15-14-16-30(34)3)35-26-29(2)24-25-36(35)43(40(41)45)27-31-17-8-5-9-18-31/h5-26,37-38,42H,4,27-28H2,1-3H3/t38?,41-/m0/s1. The van der Waals surface area contributed by atoms with Crippen LogP contribution in [-0.4, -0.2) is 24.5 Å². The number of amides is 1. The maximum absolute atomic E-state index is 15.3. The minimum Gasteiger partial charge on any atom is -0.465 e. The van der Waals surface area contributed by atoms with Crippen LogP contribution < -0.4 is 10.2 Å². The molecular formula is C41H40N2O4. The number of hydrogen-bond acceptors (Lipinski definition) is 5. The Labute approximate surface area is 277 Å². The van der Waals surface area contributed by atoms with Gasteiger partial charge in [0.1, 0.15) is 6.04 Å². The molecule has 1 unspecified atom stereocenters. The van der Waals surface area contributed by atoms with E-state index >= 15 is 4.79 Å². The lowest BCUT2D eigenvalue weighted by Gasteiger charge is -2.38. The van der Waals surface area contributed by atoms with Gasteiger partial charge in [0.25, 0.3) is 5.91 Å². The first-order chi connectivity index (χ1) is 22.9. The molecule has 2 atom stereocenters. The fourth-order valence-corrected chi connectivity index (χ4v) is 6.42. The summed E-state index contributed by atoms with van der Waals surface area (Å²) in [6, 6.07) is 42.0. The van der Waals surface area contributed by atoms with Gasteiger partial charge < -0.3 is 14.4 Å². The van der Waals surface area contributed by atoms with Crippen LogP contribution >= 0.6 is 0 Å². The van der Waals surface area contributed by atoms with Crippen molar-refractivity contribution in [2.75, 3.05) is 11.5 Å². The third-order valence-corrected chi connectivity index (χ3v) is 8.83. The number of esters is 1. The molecule has 6 nitrogen and oxygen atoms in total. The van der Waals surface area contributed by atoms with Gasteiger partial charge in [-0.2, -0.15) is 0 Å². The highest BCUT2D eigenvalue weighted by Gasteiger charge is 2.60. The second kappa shape index (κ2) is 14.2. The van der Waals surface area contributed by atoms with Gasteiger partial charge in [-0.25, -0.2) is 0 Å². The maximum atomic E-state index is 15.3. The maximum Gasteiger partial charge on any atom is 0.327 e. The Morgan fingerprint density at radius 1 is 0.787 bits per heavy atom. The van der Waals surface area contributed by atoms with E-state index < -0.39 is 23.7 Å². The molecule has 6 heteroatoms. The van der Waals surface area contributed by atoms with Crippen LogP contribution in [0.15, 0.2) is 133 Å². The van der Waals surface area contributed by atoms with Crippen LogP contribution in [0.25, 0.3) is 0 Å². The van der Waals surface area contributed by atoms with Gasteiger partial charge in [-0.1, -0.05) is 133 Å². The number of carbonyl (C=O) groups excluding carboxylic acids is 2. The third-order valence-electron chi connectivity index (χ3n) is 8.83. The van der Waals surface area contributed by atoms with Crippen LogP contribution in [0.4, 0.5) is 5.69 Å². The van der Waals surface area contributed by atoms with Crippen molar-refractivity contribution < 1.29 is 19.1 Å². The number of ether oxygens (including phenoxy) is 2. The smallest absolute Gasteiger partial charge is 0.327 e. The molecule has 1 aliphatic rings. The average Bonchev–Trinajstić information content (AvgIpc) is 3.32. The largest absolute Gasteiger partial charge is 0.465 e. The first-order valence-corrected chi connectivity index (χ1v) is 16.1. The summed E-state index contributed by atoms with van der Waals surface area (Å²) in [4.78, 5) is 31.4. The minimum atomic E-state index is -1.74. The van der Waals surface area contributed by atoms with Crippen molar-refractivity contribution in [1.82, 2.24) is 5.32 Å². The van der Waals surface area contributed by atoms with E-state index in [2.05, 4.69) is 5.32 Å².